The van der Waals surface area contributed by atoms with Crippen molar-refractivity contribution in [1.82, 2.24) is 10.3 Å². The van der Waals surface area contributed by atoms with Crippen LogP contribution in [0.3, 0.4) is 0 Å². The molecule has 19 heavy (non-hydrogen) atoms. The zero-order valence-corrected chi connectivity index (χ0v) is 11.0. The number of rotatable bonds is 0. The van der Waals surface area contributed by atoms with Crippen molar-refractivity contribution in [2.45, 2.75) is 23.5 Å². The van der Waals surface area contributed by atoms with Crippen LogP contribution in [0.1, 0.15) is 12.0 Å². The maximum Gasteiger partial charge on any atom is 0.417 e. The van der Waals surface area contributed by atoms with Gasteiger partial charge in [0.2, 0.25) is 0 Å². The Labute approximate surface area is 113 Å². The van der Waals surface area contributed by atoms with Crippen molar-refractivity contribution in [3.63, 3.8) is 0 Å². The lowest BCUT2D eigenvalue weighted by atomic mass is 10.1. The van der Waals surface area contributed by atoms with E-state index in [9.17, 15) is 13.2 Å². The summed E-state index contributed by atoms with van der Waals surface area (Å²) in [6.07, 6.45) is -2.41. The number of nitrogens with one attached hydrogen (secondary N) is 1. The Hall–Kier alpha value is -0.950. The van der Waals surface area contributed by atoms with Gasteiger partial charge in [0.05, 0.1) is 10.5 Å². The summed E-state index contributed by atoms with van der Waals surface area (Å²) in [7, 11) is 0. The first-order valence-electron chi connectivity index (χ1n) is 6.23. The maximum absolute atomic E-state index is 12.7. The van der Waals surface area contributed by atoms with Gasteiger partial charge in [0.25, 0.3) is 0 Å². The van der Waals surface area contributed by atoms with Crippen molar-refractivity contribution >= 4 is 17.6 Å². The number of thioether (sulfide) groups is 1. The van der Waals surface area contributed by atoms with Gasteiger partial charge in [0, 0.05) is 37.6 Å². The van der Waals surface area contributed by atoms with Crippen LogP contribution in [0.15, 0.2) is 17.2 Å². The van der Waals surface area contributed by atoms with Crippen molar-refractivity contribution < 1.29 is 13.2 Å². The lowest BCUT2D eigenvalue weighted by molar-refractivity contribution is -0.138. The molecule has 0 amide bonds. The van der Waals surface area contributed by atoms with Gasteiger partial charge in [-0.15, -0.1) is 11.8 Å². The highest BCUT2D eigenvalue weighted by Crippen LogP contribution is 2.38. The standard InChI is InChI=1S/C12H14F3N3S/c13-12(14,15)8-5-10-11(17-6-8)18-3-2-16-7-9(18)1-4-19-10/h5-6,9,16H,1-4,7H2/t9-/m0/s1. The molecule has 2 aliphatic rings. The van der Waals surface area contributed by atoms with Crippen LogP contribution in [0.5, 0.6) is 0 Å². The third-order valence-electron chi connectivity index (χ3n) is 3.49. The summed E-state index contributed by atoms with van der Waals surface area (Å²) in [5.74, 6) is 1.54. The lowest BCUT2D eigenvalue weighted by Crippen LogP contribution is -2.51. The molecule has 3 nitrogen and oxygen atoms in total. The molecule has 3 heterocycles. The summed E-state index contributed by atoms with van der Waals surface area (Å²) in [5.41, 5.74) is -0.660. The van der Waals surface area contributed by atoms with Crippen LogP contribution in [-0.2, 0) is 6.18 Å². The van der Waals surface area contributed by atoms with E-state index in [0.717, 1.165) is 38.0 Å². The molecule has 3 rings (SSSR count). The van der Waals surface area contributed by atoms with Crippen molar-refractivity contribution in [3.8, 4) is 0 Å². The number of alkyl halides is 3. The van der Waals surface area contributed by atoms with Gasteiger partial charge in [-0.25, -0.2) is 4.98 Å². The molecule has 1 atom stereocenters. The van der Waals surface area contributed by atoms with Crippen molar-refractivity contribution in [2.75, 3.05) is 30.3 Å². The smallest absolute Gasteiger partial charge is 0.350 e. The number of hydrogen-bond donors (Lipinski definition) is 1. The number of aromatic nitrogens is 1. The van der Waals surface area contributed by atoms with Gasteiger partial charge in [0.15, 0.2) is 0 Å². The fourth-order valence-electron chi connectivity index (χ4n) is 2.52. The van der Waals surface area contributed by atoms with Crippen molar-refractivity contribution in [3.05, 3.63) is 17.8 Å². The molecule has 1 aromatic rings. The lowest BCUT2D eigenvalue weighted by Gasteiger charge is -2.36. The van der Waals surface area contributed by atoms with E-state index in [1.54, 1.807) is 0 Å². The zero-order valence-electron chi connectivity index (χ0n) is 10.2. The van der Waals surface area contributed by atoms with Crippen LogP contribution in [0.4, 0.5) is 19.0 Å². The Balaban J connectivity index is 1.99. The highest BCUT2D eigenvalue weighted by atomic mass is 32.2. The van der Waals surface area contributed by atoms with Crippen LogP contribution >= 0.6 is 11.8 Å². The first-order valence-corrected chi connectivity index (χ1v) is 7.21. The Morgan fingerprint density at radius 1 is 1.42 bits per heavy atom. The van der Waals surface area contributed by atoms with E-state index in [-0.39, 0.29) is 0 Å². The normalized spacial score (nSPS) is 23.5. The Kier molecular flexibility index (Phi) is 3.34. The van der Waals surface area contributed by atoms with Crippen LogP contribution < -0.4 is 10.2 Å². The van der Waals surface area contributed by atoms with Gasteiger partial charge < -0.3 is 10.2 Å². The van der Waals surface area contributed by atoms with E-state index in [2.05, 4.69) is 15.2 Å². The average Bonchev–Trinajstić information content (AvgIpc) is 2.56. The van der Waals surface area contributed by atoms with Gasteiger partial charge in [-0.2, -0.15) is 13.2 Å². The molecule has 1 saturated heterocycles. The summed E-state index contributed by atoms with van der Waals surface area (Å²) < 4.78 is 38.2. The second-order valence-corrected chi connectivity index (χ2v) is 5.87. The Bertz CT molecular complexity index is 478. The molecule has 104 valence electrons. The largest absolute Gasteiger partial charge is 0.417 e. The molecule has 0 aromatic carbocycles. The molecule has 0 aliphatic carbocycles. The molecule has 0 radical (unpaired) electrons. The zero-order chi connectivity index (χ0) is 13.5. The number of pyridine rings is 1. The maximum atomic E-state index is 12.7. The minimum absolute atomic E-state index is 0.340. The molecule has 0 saturated carbocycles. The van der Waals surface area contributed by atoms with Crippen LogP contribution in [0.2, 0.25) is 0 Å². The van der Waals surface area contributed by atoms with Crippen LogP contribution in [-0.4, -0.2) is 36.4 Å². The molecule has 7 heteroatoms. The van der Waals surface area contributed by atoms with E-state index >= 15 is 0 Å². The minimum Gasteiger partial charge on any atom is -0.350 e. The molecular weight excluding hydrogens is 275 g/mol. The number of nitrogens with zero attached hydrogens (tertiary/aromatic N) is 2. The van der Waals surface area contributed by atoms with E-state index in [4.69, 9.17) is 0 Å². The van der Waals surface area contributed by atoms with E-state index in [1.165, 1.54) is 17.8 Å². The predicted molar refractivity (Wildman–Crippen MR) is 68.6 cm³/mol. The van der Waals surface area contributed by atoms with E-state index < -0.39 is 11.7 Å². The second kappa shape index (κ2) is 4.86. The molecular formula is C12H14F3N3S. The first kappa shape index (κ1) is 13.1. The molecule has 1 fully saturated rings. The van der Waals surface area contributed by atoms with E-state index in [1.807, 2.05) is 0 Å². The molecule has 0 unspecified atom stereocenters. The quantitative estimate of drug-likeness (QED) is 0.794. The highest BCUT2D eigenvalue weighted by Gasteiger charge is 2.34. The highest BCUT2D eigenvalue weighted by molar-refractivity contribution is 7.99. The third kappa shape index (κ3) is 2.53. The van der Waals surface area contributed by atoms with Crippen molar-refractivity contribution in [2.24, 2.45) is 0 Å². The minimum atomic E-state index is -4.32. The number of halogens is 3. The van der Waals surface area contributed by atoms with Gasteiger partial charge in [-0.3, -0.25) is 0 Å². The van der Waals surface area contributed by atoms with E-state index in [0.29, 0.717) is 16.8 Å². The molecule has 1 aromatic heterocycles. The van der Waals surface area contributed by atoms with Gasteiger partial charge in [0.1, 0.15) is 5.82 Å². The van der Waals surface area contributed by atoms with Crippen molar-refractivity contribution in [1.29, 1.82) is 0 Å². The predicted octanol–water partition coefficient (Wildman–Crippen LogP) is 2.37. The van der Waals surface area contributed by atoms with Gasteiger partial charge >= 0.3 is 6.18 Å². The molecule has 1 N–H and O–H groups in total. The Morgan fingerprint density at radius 2 is 2.26 bits per heavy atom. The Morgan fingerprint density at radius 3 is 3.05 bits per heavy atom. The first-order chi connectivity index (χ1) is 9.05. The number of piperazine rings is 1. The third-order valence-corrected chi connectivity index (χ3v) is 4.54. The fraction of sp³-hybridized carbons (Fsp3) is 0.583. The summed E-state index contributed by atoms with van der Waals surface area (Å²) in [4.78, 5) is 6.88. The second-order valence-electron chi connectivity index (χ2n) is 4.73. The number of hydrogen-bond acceptors (Lipinski definition) is 4. The molecule has 0 spiro atoms. The SMILES string of the molecule is FC(F)(F)c1cnc2c(c1)SCC[C@H]1CNCCN21. The van der Waals surface area contributed by atoms with Gasteiger partial charge in [-0.1, -0.05) is 0 Å². The summed E-state index contributed by atoms with van der Waals surface area (Å²) >= 11 is 1.47. The van der Waals surface area contributed by atoms with Crippen LogP contribution in [0, 0.1) is 0 Å². The monoisotopic (exact) mass is 289 g/mol. The molecule has 0 bridgehead atoms. The van der Waals surface area contributed by atoms with Crippen LogP contribution in [0.25, 0.3) is 0 Å². The summed E-state index contributed by atoms with van der Waals surface area (Å²) in [6, 6.07) is 1.57. The summed E-state index contributed by atoms with van der Waals surface area (Å²) in [6.45, 7) is 2.53. The number of anilines is 1. The topological polar surface area (TPSA) is 28.2 Å². The average molecular weight is 289 g/mol. The number of fused-ring (bicyclic) bond motifs is 3. The summed E-state index contributed by atoms with van der Waals surface area (Å²) in [5, 5.41) is 3.32. The molecule has 2 aliphatic heterocycles. The van der Waals surface area contributed by atoms with Gasteiger partial charge in [-0.05, 0) is 12.5 Å². The fourth-order valence-corrected chi connectivity index (χ4v) is 3.64.